The zero-order valence-electron chi connectivity index (χ0n) is 35.2. The number of aromatic nitrogens is 1. The molecule has 1 nitrogen and oxygen atoms in total. The molecule has 0 radical (unpaired) electrons. The van der Waals surface area contributed by atoms with E-state index < -0.39 is 0 Å². The maximum atomic E-state index is 3.86. The van der Waals surface area contributed by atoms with Gasteiger partial charge in [0.15, 0.2) is 0 Å². The van der Waals surface area contributed by atoms with Gasteiger partial charge in [0, 0.05) is 21.9 Å². The van der Waals surface area contributed by atoms with Crippen LogP contribution in [0.25, 0.3) is 54.3 Å². The van der Waals surface area contributed by atoms with Crippen molar-refractivity contribution < 1.29 is 0 Å². The molecular weight excluding hydrogens is 730 g/mol. The Bertz CT molecular complexity index is 2520. The summed E-state index contributed by atoms with van der Waals surface area (Å²) in [6, 6.07) is 36.5. The van der Waals surface area contributed by atoms with Crippen molar-refractivity contribution in [3.8, 4) is 11.3 Å². The fraction of sp³-hybridized carbons (Fsp3) is 0.321. The van der Waals surface area contributed by atoms with E-state index in [-0.39, 0.29) is 21.7 Å². The second-order valence-electron chi connectivity index (χ2n) is 19.4. The van der Waals surface area contributed by atoms with Crippen LogP contribution in [-0.4, -0.2) is 4.98 Å². The molecule has 0 bridgehead atoms. The van der Waals surface area contributed by atoms with Crippen LogP contribution in [0.1, 0.15) is 112 Å². The Labute approximate surface area is 339 Å². The number of hydrogen-bond donors (Lipinski definition) is 1. The first kappa shape index (κ1) is 40.3. The Morgan fingerprint density at radius 2 is 0.873 bits per heavy atom. The molecule has 0 saturated heterocycles. The molecule has 1 aliphatic carbocycles. The number of fused-ring (bicyclic) bond motifs is 4. The smallest absolute Gasteiger partial charge is 0.0466 e. The normalized spacial score (nSPS) is 13.3. The minimum Gasteiger partial charge on any atom is -0.361 e. The standard InChI is InChI=1S/C26H29N.C22H25Br.C5H6/c1-25(2,3)19-11-12-21-18(15-19)14-17-9-10-20(26(4,5)6)16-22(17)24(21)23-8-7-13-27-23;1-21(2,3)16-9-10-18-15(12-16)11-14-7-8-17(22(4,5)6)13-19(14)20(18)23;1-2-4-5-3-1/h7-16,27H,1-6H3;7-13H,1-6H3;1-4H,5H2. The minimum atomic E-state index is 0.131. The summed E-state index contributed by atoms with van der Waals surface area (Å²) < 4.78 is 1.21. The monoisotopic (exact) mass is 789 g/mol. The third-order valence-corrected chi connectivity index (χ3v) is 11.7. The van der Waals surface area contributed by atoms with E-state index in [4.69, 9.17) is 0 Å². The van der Waals surface area contributed by atoms with Gasteiger partial charge in [0.2, 0.25) is 0 Å². The van der Waals surface area contributed by atoms with E-state index in [0.717, 1.165) is 6.42 Å². The maximum Gasteiger partial charge on any atom is 0.0466 e. The number of rotatable bonds is 1. The largest absolute Gasteiger partial charge is 0.361 e. The number of halogens is 1. The number of allylic oxidation sites excluding steroid dienone is 4. The molecule has 1 heterocycles. The molecule has 0 amide bonds. The quantitative estimate of drug-likeness (QED) is 0.159. The van der Waals surface area contributed by atoms with Crippen molar-refractivity contribution in [2.45, 2.75) is 111 Å². The van der Waals surface area contributed by atoms with E-state index in [1.807, 2.05) is 6.20 Å². The summed E-state index contributed by atoms with van der Waals surface area (Å²) in [5.41, 5.74) is 8.59. The minimum absolute atomic E-state index is 0.131. The van der Waals surface area contributed by atoms with Gasteiger partial charge >= 0.3 is 0 Å². The van der Waals surface area contributed by atoms with E-state index in [0.29, 0.717) is 0 Å². The molecule has 1 aromatic heterocycles. The van der Waals surface area contributed by atoms with Crippen LogP contribution in [0.5, 0.6) is 0 Å². The van der Waals surface area contributed by atoms with E-state index in [2.05, 4.69) is 225 Å². The fourth-order valence-electron chi connectivity index (χ4n) is 7.22. The molecule has 0 atom stereocenters. The molecule has 0 unspecified atom stereocenters. The van der Waals surface area contributed by atoms with Crippen molar-refractivity contribution >= 4 is 59.0 Å². The summed E-state index contributed by atoms with van der Waals surface area (Å²) in [6.45, 7) is 27.2. The van der Waals surface area contributed by atoms with Crippen LogP contribution in [-0.2, 0) is 21.7 Å². The van der Waals surface area contributed by atoms with E-state index >= 15 is 0 Å². The Morgan fingerprint density at radius 1 is 0.436 bits per heavy atom. The summed E-state index contributed by atoms with van der Waals surface area (Å²) in [5.74, 6) is 0. The first-order valence-corrected chi connectivity index (χ1v) is 20.6. The number of H-pyrrole nitrogens is 1. The topological polar surface area (TPSA) is 15.8 Å². The van der Waals surface area contributed by atoms with Gasteiger partial charge in [-0.1, -0.05) is 168 Å². The van der Waals surface area contributed by atoms with Gasteiger partial charge in [-0.25, -0.2) is 0 Å². The summed E-state index contributed by atoms with van der Waals surface area (Å²) in [4.78, 5) is 3.44. The average molecular weight is 791 g/mol. The van der Waals surface area contributed by atoms with Gasteiger partial charge in [-0.3, -0.25) is 0 Å². The number of nitrogens with one attached hydrogen (secondary N) is 1. The summed E-state index contributed by atoms with van der Waals surface area (Å²) >= 11 is 3.86. The van der Waals surface area contributed by atoms with E-state index in [1.54, 1.807) is 0 Å². The molecule has 0 spiro atoms. The van der Waals surface area contributed by atoms with Crippen molar-refractivity contribution in [3.63, 3.8) is 0 Å². The van der Waals surface area contributed by atoms with Crippen LogP contribution in [0.2, 0.25) is 0 Å². The lowest BCUT2D eigenvalue weighted by Crippen LogP contribution is -2.11. The molecule has 8 rings (SSSR count). The Kier molecular flexibility index (Phi) is 11.2. The Morgan fingerprint density at radius 3 is 1.33 bits per heavy atom. The molecular formula is C53H60BrN. The van der Waals surface area contributed by atoms with Gasteiger partial charge in [0.25, 0.3) is 0 Å². The fourth-order valence-corrected chi connectivity index (χ4v) is 7.93. The summed E-state index contributed by atoms with van der Waals surface area (Å²) in [6.07, 6.45) is 11.5. The van der Waals surface area contributed by atoms with Crippen molar-refractivity contribution in [1.29, 1.82) is 0 Å². The van der Waals surface area contributed by atoms with E-state index in [1.165, 1.54) is 81.1 Å². The van der Waals surface area contributed by atoms with Crippen LogP contribution < -0.4 is 0 Å². The molecule has 0 fully saturated rings. The van der Waals surface area contributed by atoms with Crippen LogP contribution in [0.3, 0.4) is 0 Å². The lowest BCUT2D eigenvalue weighted by atomic mass is 9.82. The Hall–Kier alpha value is -4.40. The highest BCUT2D eigenvalue weighted by Gasteiger charge is 2.20. The maximum absolute atomic E-state index is 3.86. The van der Waals surface area contributed by atoms with Gasteiger partial charge in [-0.05, 0) is 146 Å². The van der Waals surface area contributed by atoms with Gasteiger partial charge < -0.3 is 4.98 Å². The highest BCUT2D eigenvalue weighted by Crippen LogP contribution is 2.40. The second-order valence-corrected chi connectivity index (χ2v) is 20.2. The van der Waals surface area contributed by atoms with Crippen LogP contribution in [0.15, 0.2) is 132 Å². The molecule has 1 N–H and O–H groups in total. The average Bonchev–Trinajstić information content (AvgIpc) is 3.87. The number of aromatic amines is 1. The molecule has 1 aliphatic rings. The second kappa shape index (κ2) is 15.3. The van der Waals surface area contributed by atoms with Crippen LogP contribution in [0, 0.1) is 0 Å². The highest BCUT2D eigenvalue weighted by atomic mass is 79.9. The lowest BCUT2D eigenvalue weighted by Gasteiger charge is -2.22. The Balaban J connectivity index is 0.000000167. The zero-order valence-corrected chi connectivity index (χ0v) is 36.8. The highest BCUT2D eigenvalue weighted by molar-refractivity contribution is 9.10. The van der Waals surface area contributed by atoms with Gasteiger partial charge in [-0.15, -0.1) is 0 Å². The van der Waals surface area contributed by atoms with Crippen molar-refractivity contribution in [2.75, 3.05) is 0 Å². The van der Waals surface area contributed by atoms with Crippen molar-refractivity contribution in [2.24, 2.45) is 0 Å². The summed E-state index contributed by atoms with van der Waals surface area (Å²) in [5, 5.41) is 10.4. The molecule has 284 valence electrons. The predicted octanol–water partition coefficient (Wildman–Crippen LogP) is 16.4. The number of hydrogen-bond acceptors (Lipinski definition) is 0. The first-order valence-electron chi connectivity index (χ1n) is 19.9. The molecule has 6 aromatic carbocycles. The zero-order chi connectivity index (χ0) is 39.9. The molecule has 55 heavy (non-hydrogen) atoms. The van der Waals surface area contributed by atoms with Crippen molar-refractivity contribution in [3.05, 3.63) is 154 Å². The van der Waals surface area contributed by atoms with E-state index in [9.17, 15) is 0 Å². The van der Waals surface area contributed by atoms with Crippen LogP contribution >= 0.6 is 15.9 Å². The molecule has 0 aliphatic heterocycles. The van der Waals surface area contributed by atoms with Crippen LogP contribution in [0.4, 0.5) is 0 Å². The molecule has 0 saturated carbocycles. The lowest BCUT2D eigenvalue weighted by molar-refractivity contribution is 0.590. The molecule has 2 heteroatoms. The number of benzene rings is 6. The summed E-state index contributed by atoms with van der Waals surface area (Å²) in [7, 11) is 0. The first-order chi connectivity index (χ1) is 25.7. The van der Waals surface area contributed by atoms with Gasteiger partial charge in [-0.2, -0.15) is 0 Å². The predicted molar refractivity (Wildman–Crippen MR) is 248 cm³/mol. The third-order valence-electron chi connectivity index (χ3n) is 10.8. The molecule has 7 aromatic rings. The third kappa shape index (κ3) is 9.02. The van der Waals surface area contributed by atoms with Gasteiger partial charge in [0.1, 0.15) is 0 Å². The van der Waals surface area contributed by atoms with Gasteiger partial charge in [0.05, 0.1) is 0 Å². The SMILES string of the molecule is C1=CCC=C1.CC(C)(C)c1ccc2c(-c3ccc[nH]3)c3cc(C(C)(C)C)ccc3cc2c1.CC(C)(C)c1ccc2c(Br)c3cc(C(C)(C)C)ccc3cc2c1. The van der Waals surface area contributed by atoms with Crippen molar-refractivity contribution in [1.82, 2.24) is 4.98 Å².